The van der Waals surface area contributed by atoms with Gasteiger partial charge in [-0.1, -0.05) is 18.2 Å². The van der Waals surface area contributed by atoms with Gasteiger partial charge in [0.15, 0.2) is 5.13 Å². The molecule has 1 aromatic heterocycles. The van der Waals surface area contributed by atoms with Crippen LogP contribution >= 0.6 is 11.3 Å². The fraction of sp³-hybridized carbons (Fsp3) is 0.312. The number of nitrogens with zero attached hydrogens (tertiary/aromatic N) is 1. The fourth-order valence-corrected chi connectivity index (χ4v) is 2.64. The van der Waals surface area contributed by atoms with E-state index in [1.165, 1.54) is 11.3 Å². The van der Waals surface area contributed by atoms with Gasteiger partial charge in [-0.25, -0.2) is 9.78 Å². The number of carbonyl (C=O) groups is 2. The lowest BCUT2D eigenvalue weighted by molar-refractivity contribution is -0.121. The third kappa shape index (κ3) is 6.07. The maximum Gasteiger partial charge on any atom is 0.325 e. The number of urea groups is 1. The Balaban J connectivity index is 1.80. The van der Waals surface area contributed by atoms with Gasteiger partial charge < -0.3 is 10.6 Å². The average Bonchev–Trinajstić information content (AvgIpc) is 2.93. The molecule has 0 aliphatic carbocycles. The van der Waals surface area contributed by atoms with Crippen molar-refractivity contribution in [3.63, 3.8) is 0 Å². The van der Waals surface area contributed by atoms with E-state index < -0.39 is 0 Å². The first-order valence-corrected chi connectivity index (χ1v) is 8.27. The summed E-state index contributed by atoms with van der Waals surface area (Å²) < 4.78 is 0. The first kappa shape index (κ1) is 17.0. The molecule has 6 nitrogen and oxygen atoms in total. The van der Waals surface area contributed by atoms with Crippen LogP contribution in [0.5, 0.6) is 0 Å². The van der Waals surface area contributed by atoms with E-state index in [4.69, 9.17) is 0 Å². The Kier molecular flexibility index (Phi) is 6.10. The van der Waals surface area contributed by atoms with E-state index in [1.54, 1.807) is 12.1 Å². The van der Waals surface area contributed by atoms with Gasteiger partial charge in [0.2, 0.25) is 5.91 Å². The number of aromatic nitrogens is 1. The lowest BCUT2D eigenvalue weighted by Crippen LogP contribution is -2.30. The lowest BCUT2D eigenvalue weighted by Gasteiger charge is -2.07. The highest BCUT2D eigenvalue weighted by Gasteiger charge is 2.09. The van der Waals surface area contributed by atoms with Crippen molar-refractivity contribution in [1.82, 2.24) is 10.3 Å². The number of para-hydroxylation sites is 1. The normalized spacial score (nSPS) is 10.4. The van der Waals surface area contributed by atoms with E-state index in [1.807, 2.05) is 37.4 Å². The summed E-state index contributed by atoms with van der Waals surface area (Å²) in [5.74, 6) is 0.00401. The van der Waals surface area contributed by atoms with Gasteiger partial charge in [-0.05, 0) is 32.4 Å². The summed E-state index contributed by atoms with van der Waals surface area (Å²) in [6, 6.07) is 8.98. The number of anilines is 2. The molecule has 0 bridgehead atoms. The van der Waals surface area contributed by atoms with Crippen molar-refractivity contribution in [2.45, 2.75) is 32.7 Å². The van der Waals surface area contributed by atoms with Gasteiger partial charge in [0.05, 0.1) is 5.69 Å². The van der Waals surface area contributed by atoms with E-state index in [9.17, 15) is 9.59 Å². The number of thiazole rings is 1. The Hall–Kier alpha value is -2.41. The molecule has 0 unspecified atom stereocenters. The summed E-state index contributed by atoms with van der Waals surface area (Å²) in [4.78, 5) is 27.8. The van der Waals surface area contributed by atoms with Crippen molar-refractivity contribution in [2.24, 2.45) is 0 Å². The summed E-state index contributed by atoms with van der Waals surface area (Å²) >= 11 is 1.34. The van der Waals surface area contributed by atoms with Crippen LogP contribution in [0, 0.1) is 0 Å². The minimum absolute atomic E-state index is 0.00401. The monoisotopic (exact) mass is 332 g/mol. The van der Waals surface area contributed by atoms with Crippen molar-refractivity contribution in [2.75, 3.05) is 10.6 Å². The topological polar surface area (TPSA) is 83.1 Å². The third-order valence-corrected chi connectivity index (χ3v) is 3.67. The van der Waals surface area contributed by atoms with Crippen LogP contribution < -0.4 is 16.0 Å². The molecule has 0 atom stereocenters. The lowest BCUT2D eigenvalue weighted by atomic mass is 10.2. The molecule has 1 aromatic carbocycles. The number of amides is 3. The number of hydrogen-bond acceptors (Lipinski definition) is 4. The van der Waals surface area contributed by atoms with E-state index in [2.05, 4.69) is 20.9 Å². The standard InChI is InChI=1S/C16H20N4O2S/c1-11(2)17-14(21)9-8-13-10-23-16(19-13)20-15(22)18-12-6-4-3-5-7-12/h3-7,10-11H,8-9H2,1-2H3,(H,17,21)(H2,18,19,20,22). The molecular weight excluding hydrogens is 312 g/mol. The highest BCUT2D eigenvalue weighted by Crippen LogP contribution is 2.17. The first-order chi connectivity index (χ1) is 11.0. The Morgan fingerprint density at radius 1 is 1.17 bits per heavy atom. The number of benzene rings is 1. The van der Waals surface area contributed by atoms with Crippen molar-refractivity contribution >= 4 is 34.1 Å². The van der Waals surface area contributed by atoms with Crippen molar-refractivity contribution in [3.8, 4) is 0 Å². The zero-order chi connectivity index (χ0) is 16.7. The second kappa shape index (κ2) is 8.28. The molecule has 2 rings (SSSR count). The molecule has 0 fully saturated rings. The Morgan fingerprint density at radius 3 is 2.61 bits per heavy atom. The molecule has 122 valence electrons. The molecule has 3 N–H and O–H groups in total. The fourth-order valence-electron chi connectivity index (χ4n) is 1.90. The number of hydrogen-bond donors (Lipinski definition) is 3. The summed E-state index contributed by atoms with van der Waals surface area (Å²) in [6.07, 6.45) is 0.939. The van der Waals surface area contributed by atoms with Crippen LogP contribution in [0.1, 0.15) is 26.0 Å². The van der Waals surface area contributed by atoms with Gasteiger partial charge in [-0.2, -0.15) is 0 Å². The van der Waals surface area contributed by atoms with E-state index in [-0.39, 0.29) is 18.0 Å². The van der Waals surface area contributed by atoms with Crippen LogP contribution in [0.4, 0.5) is 15.6 Å². The number of carbonyl (C=O) groups excluding carboxylic acids is 2. The molecule has 23 heavy (non-hydrogen) atoms. The smallest absolute Gasteiger partial charge is 0.325 e. The van der Waals surface area contributed by atoms with Crippen molar-refractivity contribution in [1.29, 1.82) is 0 Å². The molecule has 0 aliphatic rings. The van der Waals surface area contributed by atoms with Crippen LogP contribution in [0.25, 0.3) is 0 Å². The van der Waals surface area contributed by atoms with Crippen molar-refractivity contribution < 1.29 is 9.59 Å². The second-order valence-electron chi connectivity index (χ2n) is 5.31. The summed E-state index contributed by atoms with van der Waals surface area (Å²) in [6.45, 7) is 3.85. The van der Waals surface area contributed by atoms with Gasteiger partial charge in [0.25, 0.3) is 0 Å². The van der Waals surface area contributed by atoms with E-state index >= 15 is 0 Å². The molecule has 0 spiro atoms. The Labute approximate surface area is 139 Å². The van der Waals surface area contributed by atoms with Crippen LogP contribution in [-0.2, 0) is 11.2 Å². The van der Waals surface area contributed by atoms with Crippen LogP contribution in [0.15, 0.2) is 35.7 Å². The van der Waals surface area contributed by atoms with Gasteiger partial charge in [-0.15, -0.1) is 11.3 Å². The molecule has 0 saturated carbocycles. The molecule has 0 aliphatic heterocycles. The minimum Gasteiger partial charge on any atom is -0.354 e. The maximum atomic E-state index is 11.9. The minimum atomic E-state index is -0.338. The molecule has 2 aromatic rings. The predicted molar refractivity (Wildman–Crippen MR) is 92.8 cm³/mol. The van der Waals surface area contributed by atoms with Crippen LogP contribution in [0.3, 0.4) is 0 Å². The van der Waals surface area contributed by atoms with Crippen LogP contribution in [0.2, 0.25) is 0 Å². The molecular formula is C16H20N4O2S. The highest BCUT2D eigenvalue weighted by atomic mass is 32.1. The van der Waals surface area contributed by atoms with Crippen molar-refractivity contribution in [3.05, 3.63) is 41.4 Å². The third-order valence-electron chi connectivity index (χ3n) is 2.86. The molecule has 7 heteroatoms. The maximum absolute atomic E-state index is 11.9. The van der Waals surface area contributed by atoms with Gasteiger partial charge in [0, 0.05) is 23.5 Å². The quantitative estimate of drug-likeness (QED) is 0.759. The van der Waals surface area contributed by atoms with E-state index in [0.29, 0.717) is 23.7 Å². The number of nitrogens with one attached hydrogen (secondary N) is 3. The zero-order valence-electron chi connectivity index (χ0n) is 13.1. The Morgan fingerprint density at radius 2 is 1.91 bits per heavy atom. The summed E-state index contributed by atoms with van der Waals surface area (Å²) in [5, 5.41) is 10.6. The molecule has 1 heterocycles. The zero-order valence-corrected chi connectivity index (χ0v) is 13.9. The molecule has 0 saturated heterocycles. The summed E-state index contributed by atoms with van der Waals surface area (Å²) in [5.41, 5.74) is 1.51. The highest BCUT2D eigenvalue weighted by molar-refractivity contribution is 7.13. The van der Waals surface area contributed by atoms with Gasteiger partial charge in [0.1, 0.15) is 0 Å². The Bertz CT molecular complexity index is 655. The molecule has 3 amide bonds. The molecule has 0 radical (unpaired) electrons. The summed E-state index contributed by atoms with van der Waals surface area (Å²) in [7, 11) is 0. The number of aryl methyl sites for hydroxylation is 1. The first-order valence-electron chi connectivity index (χ1n) is 7.40. The largest absolute Gasteiger partial charge is 0.354 e. The average molecular weight is 332 g/mol. The second-order valence-corrected chi connectivity index (χ2v) is 6.17. The van der Waals surface area contributed by atoms with Gasteiger partial charge in [-0.3, -0.25) is 10.1 Å². The van der Waals surface area contributed by atoms with Gasteiger partial charge >= 0.3 is 6.03 Å². The van der Waals surface area contributed by atoms with Crippen LogP contribution in [-0.4, -0.2) is 23.0 Å². The number of rotatable bonds is 6. The SMILES string of the molecule is CC(C)NC(=O)CCc1csc(NC(=O)Nc2ccccc2)n1. The van der Waals surface area contributed by atoms with E-state index in [0.717, 1.165) is 5.69 Å². The predicted octanol–water partition coefficient (Wildman–Crippen LogP) is 3.24.